The van der Waals surface area contributed by atoms with Crippen LogP contribution in [-0.2, 0) is 6.42 Å². The van der Waals surface area contributed by atoms with Gasteiger partial charge in [0.25, 0.3) is 0 Å². The van der Waals surface area contributed by atoms with Crippen molar-refractivity contribution >= 4 is 11.8 Å². The van der Waals surface area contributed by atoms with Crippen LogP contribution >= 0.6 is 11.8 Å². The molecule has 2 aliphatic rings. The quantitative estimate of drug-likeness (QED) is 0.799. The highest BCUT2D eigenvalue weighted by molar-refractivity contribution is 7.99. The van der Waals surface area contributed by atoms with Gasteiger partial charge in [-0.1, -0.05) is 18.2 Å². The van der Waals surface area contributed by atoms with E-state index in [1.54, 1.807) is 7.11 Å². The molecule has 1 unspecified atom stereocenters. The molecule has 2 nitrogen and oxygen atoms in total. The van der Waals surface area contributed by atoms with Crippen LogP contribution in [0.15, 0.2) is 43.5 Å². The number of ether oxygens (including phenoxy) is 1. The molecule has 1 N–H and O–H groups in total. The van der Waals surface area contributed by atoms with Gasteiger partial charge >= 0.3 is 0 Å². The van der Waals surface area contributed by atoms with E-state index in [0.717, 1.165) is 30.8 Å². The van der Waals surface area contributed by atoms with E-state index in [1.165, 1.54) is 11.1 Å². The molecule has 0 saturated heterocycles. The zero-order chi connectivity index (χ0) is 15.7. The molecule has 0 heterocycles. The molecule has 1 saturated carbocycles. The molecule has 3 atom stereocenters. The molecular weight excluding hydrogens is 292 g/mol. The van der Waals surface area contributed by atoms with Gasteiger partial charge in [-0.15, -0.1) is 13.2 Å². The van der Waals surface area contributed by atoms with Crippen molar-refractivity contribution in [2.75, 3.05) is 12.9 Å². The Morgan fingerprint density at radius 1 is 1.32 bits per heavy atom. The topological polar surface area (TPSA) is 29.5 Å². The third-order valence-corrected chi connectivity index (χ3v) is 6.71. The summed E-state index contributed by atoms with van der Waals surface area (Å²) in [4.78, 5) is 0. The molecule has 22 heavy (non-hydrogen) atoms. The maximum atomic E-state index is 11.1. The van der Waals surface area contributed by atoms with Gasteiger partial charge in [0.2, 0.25) is 0 Å². The van der Waals surface area contributed by atoms with Gasteiger partial charge in [0, 0.05) is 22.8 Å². The Kier molecular flexibility index (Phi) is 4.37. The summed E-state index contributed by atoms with van der Waals surface area (Å²) >= 11 is 1.86. The number of hydrogen-bond donors (Lipinski definition) is 1. The number of rotatable bonds is 6. The second-order valence-corrected chi connectivity index (χ2v) is 7.51. The van der Waals surface area contributed by atoms with Crippen molar-refractivity contribution in [1.82, 2.24) is 0 Å². The van der Waals surface area contributed by atoms with E-state index in [1.807, 2.05) is 30.0 Å². The molecule has 0 aromatic heterocycles. The zero-order valence-corrected chi connectivity index (χ0v) is 13.9. The van der Waals surface area contributed by atoms with Crippen LogP contribution in [0.3, 0.4) is 0 Å². The van der Waals surface area contributed by atoms with E-state index in [2.05, 4.69) is 25.3 Å². The van der Waals surface area contributed by atoms with Gasteiger partial charge in [-0.25, -0.2) is 0 Å². The predicted molar refractivity (Wildman–Crippen MR) is 93.5 cm³/mol. The van der Waals surface area contributed by atoms with Crippen LogP contribution < -0.4 is 4.74 Å². The molecule has 3 rings (SSSR count). The minimum atomic E-state index is -0.692. The van der Waals surface area contributed by atoms with Crippen LogP contribution in [0, 0.1) is 11.8 Å². The summed E-state index contributed by atoms with van der Waals surface area (Å²) in [5.74, 6) is 2.00. The lowest BCUT2D eigenvalue weighted by Crippen LogP contribution is -2.41. The lowest BCUT2D eigenvalue weighted by atomic mass is 9.86. The molecule has 1 aromatic rings. The highest BCUT2D eigenvalue weighted by atomic mass is 32.2. The minimum absolute atomic E-state index is 0.174. The van der Waals surface area contributed by atoms with Crippen molar-refractivity contribution in [3.05, 3.63) is 54.6 Å². The molecule has 0 bridgehead atoms. The van der Waals surface area contributed by atoms with Crippen LogP contribution in [0.4, 0.5) is 0 Å². The fraction of sp³-hybridized carbons (Fsp3) is 0.474. The molecule has 0 aliphatic heterocycles. The Morgan fingerprint density at radius 2 is 2.00 bits per heavy atom. The third kappa shape index (κ3) is 2.50. The first kappa shape index (κ1) is 15.7. The Balaban J connectivity index is 1.69. The van der Waals surface area contributed by atoms with Gasteiger partial charge in [-0.2, -0.15) is 11.8 Å². The number of benzene rings is 1. The Morgan fingerprint density at radius 3 is 2.59 bits per heavy atom. The van der Waals surface area contributed by atoms with Crippen LogP contribution in [0.2, 0.25) is 0 Å². The minimum Gasteiger partial charge on any atom is -0.497 e. The van der Waals surface area contributed by atoms with Crippen molar-refractivity contribution < 1.29 is 9.84 Å². The molecule has 118 valence electrons. The molecule has 3 heteroatoms. The summed E-state index contributed by atoms with van der Waals surface area (Å²) in [6.45, 7) is 7.81. The van der Waals surface area contributed by atoms with E-state index in [4.69, 9.17) is 4.74 Å². The van der Waals surface area contributed by atoms with E-state index >= 15 is 0 Å². The van der Waals surface area contributed by atoms with Crippen molar-refractivity contribution in [2.24, 2.45) is 11.8 Å². The summed E-state index contributed by atoms with van der Waals surface area (Å²) in [7, 11) is 1.70. The Hall–Kier alpha value is -1.19. The first-order chi connectivity index (χ1) is 10.6. The molecule has 0 spiro atoms. The monoisotopic (exact) mass is 316 g/mol. The van der Waals surface area contributed by atoms with Crippen molar-refractivity contribution in [3.8, 4) is 5.75 Å². The molecular formula is C19H24O2S. The van der Waals surface area contributed by atoms with E-state index in [0.29, 0.717) is 5.25 Å². The lowest BCUT2D eigenvalue weighted by molar-refractivity contribution is 0.0171. The largest absolute Gasteiger partial charge is 0.497 e. The van der Waals surface area contributed by atoms with Crippen molar-refractivity contribution in [3.63, 3.8) is 0 Å². The highest BCUT2D eigenvalue weighted by Crippen LogP contribution is 2.50. The predicted octanol–water partition coefficient (Wildman–Crippen LogP) is 4.15. The third-order valence-electron chi connectivity index (χ3n) is 5.26. The molecule has 0 amide bonds. The fourth-order valence-electron chi connectivity index (χ4n) is 3.74. The number of thioether (sulfide) groups is 1. The molecule has 2 aliphatic carbocycles. The van der Waals surface area contributed by atoms with Crippen LogP contribution in [0.5, 0.6) is 5.75 Å². The number of hydrogen-bond acceptors (Lipinski definition) is 3. The van der Waals surface area contributed by atoms with Crippen molar-refractivity contribution in [1.29, 1.82) is 0 Å². The van der Waals surface area contributed by atoms with Crippen molar-refractivity contribution in [2.45, 2.75) is 30.1 Å². The second kappa shape index (κ2) is 6.13. The van der Waals surface area contributed by atoms with Gasteiger partial charge in [-0.05, 0) is 42.5 Å². The summed E-state index contributed by atoms with van der Waals surface area (Å²) in [6, 6.07) is 6.30. The van der Waals surface area contributed by atoms with Crippen LogP contribution in [0.1, 0.15) is 29.2 Å². The number of aliphatic hydroxyl groups is 1. The molecule has 1 aromatic carbocycles. The number of fused-ring (bicyclic) bond motifs is 1. The first-order valence-corrected chi connectivity index (χ1v) is 8.93. The second-order valence-electron chi connectivity index (χ2n) is 6.32. The van der Waals surface area contributed by atoms with Gasteiger partial charge in [0.05, 0.1) is 12.7 Å². The van der Waals surface area contributed by atoms with Crippen LogP contribution in [-0.4, -0.2) is 23.6 Å². The van der Waals surface area contributed by atoms with E-state index in [9.17, 15) is 5.11 Å². The van der Waals surface area contributed by atoms with E-state index in [-0.39, 0.29) is 11.8 Å². The lowest BCUT2D eigenvalue weighted by Gasteiger charge is -2.36. The highest BCUT2D eigenvalue weighted by Gasteiger charge is 2.46. The standard InChI is InChI=1S/C19H24O2S/c1-4-14-7-8-15(5-2)19(14,20)12-22-18-10-13-6-9-16(21-3)11-17(13)18/h4-6,9,11,14-15,18,20H,1-2,7-8,10,12H2,3H3/t14-,15-,18?/m1/s1. The zero-order valence-electron chi connectivity index (χ0n) is 13.1. The molecule has 1 fully saturated rings. The first-order valence-electron chi connectivity index (χ1n) is 7.88. The SMILES string of the molecule is C=C[C@@H]1CC[C@@H](C=C)C1(O)CSC1Cc2ccc(OC)cc21. The average molecular weight is 316 g/mol. The summed E-state index contributed by atoms with van der Waals surface area (Å²) < 4.78 is 5.31. The average Bonchev–Trinajstić information content (AvgIpc) is 2.84. The van der Waals surface area contributed by atoms with Gasteiger partial charge < -0.3 is 9.84 Å². The molecule has 0 radical (unpaired) electrons. The summed E-state index contributed by atoms with van der Waals surface area (Å²) in [6.07, 6.45) is 6.93. The normalized spacial score (nSPS) is 28.5. The summed E-state index contributed by atoms with van der Waals surface area (Å²) in [5.41, 5.74) is 2.07. The van der Waals surface area contributed by atoms with Crippen LogP contribution in [0.25, 0.3) is 0 Å². The smallest absolute Gasteiger partial charge is 0.119 e. The Labute approximate surface area is 137 Å². The Bertz CT molecular complexity index is 565. The number of methoxy groups -OCH3 is 1. The fourth-order valence-corrected chi connectivity index (χ4v) is 5.33. The maximum absolute atomic E-state index is 11.1. The van der Waals surface area contributed by atoms with Gasteiger partial charge in [0.15, 0.2) is 0 Å². The maximum Gasteiger partial charge on any atom is 0.119 e. The van der Waals surface area contributed by atoms with E-state index < -0.39 is 5.60 Å². The summed E-state index contributed by atoms with van der Waals surface area (Å²) in [5, 5.41) is 11.6. The van der Waals surface area contributed by atoms with Gasteiger partial charge in [0.1, 0.15) is 5.75 Å². The van der Waals surface area contributed by atoms with Gasteiger partial charge in [-0.3, -0.25) is 0 Å².